The lowest BCUT2D eigenvalue weighted by atomic mass is 10.0. The zero-order valence-corrected chi connectivity index (χ0v) is 9.09. The minimum Gasteiger partial charge on any atom is -0.272 e. The molecule has 72 valence electrons. The van der Waals surface area contributed by atoms with Crippen molar-refractivity contribution in [3.63, 3.8) is 0 Å². The minimum absolute atomic E-state index is 0.571. The summed E-state index contributed by atoms with van der Waals surface area (Å²) < 4.78 is 0. The van der Waals surface area contributed by atoms with Crippen LogP contribution in [0.25, 0.3) is 0 Å². The maximum absolute atomic E-state index is 3.96. The molecule has 0 aliphatic carbocycles. The summed E-state index contributed by atoms with van der Waals surface area (Å²) in [5.74, 6) is 0.571. The maximum atomic E-state index is 3.96. The van der Waals surface area contributed by atoms with Gasteiger partial charge in [0.2, 0.25) is 0 Å². The normalized spacial score (nSPS) is 13.3. The van der Waals surface area contributed by atoms with Gasteiger partial charge < -0.3 is 0 Å². The lowest BCUT2D eigenvalue weighted by Gasteiger charge is -2.06. The van der Waals surface area contributed by atoms with Crippen molar-refractivity contribution in [2.24, 2.45) is 10.9 Å². The molecule has 1 nitrogen and oxygen atoms in total. The Hall–Kier alpha value is -1.11. The summed E-state index contributed by atoms with van der Waals surface area (Å²) in [7, 11) is 0. The Kier molecular flexibility index (Phi) is 5.05. The largest absolute Gasteiger partial charge is 0.272 e. The fourth-order valence-corrected chi connectivity index (χ4v) is 0.775. The number of allylic oxidation sites excluding steroid dienone is 4. The molecular weight excluding hydrogens is 158 g/mol. The van der Waals surface area contributed by atoms with Crippen LogP contribution >= 0.6 is 0 Å². The van der Waals surface area contributed by atoms with Gasteiger partial charge in [0, 0.05) is 6.20 Å². The second-order valence-electron chi connectivity index (χ2n) is 3.56. The van der Waals surface area contributed by atoms with Crippen LogP contribution < -0.4 is 0 Å². The van der Waals surface area contributed by atoms with Gasteiger partial charge in [0.25, 0.3) is 0 Å². The summed E-state index contributed by atoms with van der Waals surface area (Å²) in [5, 5.41) is 0. The highest BCUT2D eigenvalue weighted by atomic mass is 14.6. The van der Waals surface area contributed by atoms with E-state index < -0.39 is 0 Å². The molecule has 0 amide bonds. The molecule has 13 heavy (non-hydrogen) atoms. The monoisotopic (exact) mass is 177 g/mol. The Balaban J connectivity index is 4.55. The molecule has 0 unspecified atom stereocenters. The standard InChI is InChI=1S/C12H19N/c1-9(2)10(3)7-11(4)12(5)8-13-6/h7-9H,4,6H2,1-3,5H3/b10-7-,12-8+. The van der Waals surface area contributed by atoms with E-state index in [1.54, 1.807) is 6.20 Å². The zero-order valence-electron chi connectivity index (χ0n) is 9.09. The van der Waals surface area contributed by atoms with E-state index in [4.69, 9.17) is 0 Å². The van der Waals surface area contributed by atoms with Crippen molar-refractivity contribution in [3.8, 4) is 0 Å². The first-order valence-electron chi connectivity index (χ1n) is 4.49. The van der Waals surface area contributed by atoms with Crippen LogP contribution in [-0.2, 0) is 0 Å². The molecule has 0 N–H and O–H groups in total. The topological polar surface area (TPSA) is 12.4 Å². The molecule has 0 fully saturated rings. The third-order valence-corrected chi connectivity index (χ3v) is 2.10. The average Bonchev–Trinajstić information content (AvgIpc) is 2.04. The van der Waals surface area contributed by atoms with E-state index in [1.807, 2.05) is 6.92 Å². The van der Waals surface area contributed by atoms with Gasteiger partial charge in [0.15, 0.2) is 0 Å². The van der Waals surface area contributed by atoms with Crippen molar-refractivity contribution in [2.75, 3.05) is 0 Å². The Bertz CT molecular complexity index is 254. The molecule has 0 aromatic heterocycles. The van der Waals surface area contributed by atoms with Crippen molar-refractivity contribution in [2.45, 2.75) is 27.7 Å². The molecule has 0 aliphatic heterocycles. The highest BCUT2D eigenvalue weighted by molar-refractivity contribution is 5.39. The van der Waals surface area contributed by atoms with Crippen LogP contribution in [0, 0.1) is 5.92 Å². The number of hydrogen-bond acceptors (Lipinski definition) is 1. The third-order valence-electron chi connectivity index (χ3n) is 2.10. The molecule has 0 aromatic carbocycles. The fraction of sp³-hybridized carbons (Fsp3) is 0.417. The Morgan fingerprint density at radius 2 is 1.85 bits per heavy atom. The molecule has 0 aliphatic rings. The second-order valence-corrected chi connectivity index (χ2v) is 3.56. The molecule has 0 atom stereocenters. The maximum Gasteiger partial charge on any atom is 0.0295 e. The summed E-state index contributed by atoms with van der Waals surface area (Å²) in [6.45, 7) is 15.8. The summed E-state index contributed by atoms with van der Waals surface area (Å²) in [6.07, 6.45) is 3.83. The predicted octanol–water partition coefficient (Wildman–Crippen LogP) is 3.75. The van der Waals surface area contributed by atoms with Crippen molar-refractivity contribution in [1.82, 2.24) is 0 Å². The van der Waals surface area contributed by atoms with Gasteiger partial charge in [-0.1, -0.05) is 32.1 Å². The van der Waals surface area contributed by atoms with Crippen LogP contribution in [0.5, 0.6) is 0 Å². The molecule has 0 spiro atoms. The number of nitrogens with zero attached hydrogens (tertiary/aromatic N) is 1. The van der Waals surface area contributed by atoms with Crippen LogP contribution in [0.4, 0.5) is 0 Å². The van der Waals surface area contributed by atoms with Gasteiger partial charge in [-0.25, -0.2) is 0 Å². The second kappa shape index (κ2) is 5.52. The molecule has 0 rings (SSSR count). The highest BCUT2D eigenvalue weighted by Crippen LogP contribution is 2.15. The lowest BCUT2D eigenvalue weighted by molar-refractivity contribution is 0.768. The smallest absolute Gasteiger partial charge is 0.0295 e. The zero-order chi connectivity index (χ0) is 10.4. The Labute approximate surface area is 81.6 Å². The van der Waals surface area contributed by atoms with E-state index in [2.05, 4.69) is 45.1 Å². The van der Waals surface area contributed by atoms with Crippen molar-refractivity contribution in [1.29, 1.82) is 0 Å². The molecule has 0 saturated carbocycles. The van der Waals surface area contributed by atoms with Gasteiger partial charge in [-0.2, -0.15) is 0 Å². The number of hydrogen-bond donors (Lipinski definition) is 0. The number of rotatable bonds is 4. The molecule has 0 radical (unpaired) electrons. The summed E-state index contributed by atoms with van der Waals surface area (Å²) in [6, 6.07) is 0. The fourth-order valence-electron chi connectivity index (χ4n) is 0.775. The summed E-state index contributed by atoms with van der Waals surface area (Å²) in [5.41, 5.74) is 3.41. The van der Waals surface area contributed by atoms with Crippen LogP contribution in [-0.4, -0.2) is 6.72 Å². The average molecular weight is 177 g/mol. The van der Waals surface area contributed by atoms with Crippen molar-refractivity contribution < 1.29 is 0 Å². The molecule has 0 saturated heterocycles. The van der Waals surface area contributed by atoms with E-state index in [0.717, 1.165) is 11.1 Å². The number of aliphatic imine (C=N–C) groups is 1. The lowest BCUT2D eigenvalue weighted by Crippen LogP contribution is -1.90. The van der Waals surface area contributed by atoms with Crippen LogP contribution in [0.1, 0.15) is 27.7 Å². The van der Waals surface area contributed by atoms with E-state index in [-0.39, 0.29) is 0 Å². The first kappa shape index (κ1) is 11.9. The van der Waals surface area contributed by atoms with Gasteiger partial charge >= 0.3 is 0 Å². The summed E-state index contributed by atoms with van der Waals surface area (Å²) in [4.78, 5) is 3.71. The quantitative estimate of drug-likeness (QED) is 0.458. The highest BCUT2D eigenvalue weighted by Gasteiger charge is 1.98. The van der Waals surface area contributed by atoms with Gasteiger partial charge in [0.05, 0.1) is 0 Å². The third kappa shape index (κ3) is 4.46. The Morgan fingerprint density at radius 3 is 2.23 bits per heavy atom. The molecule has 1 heteroatoms. The summed E-state index contributed by atoms with van der Waals surface area (Å²) >= 11 is 0. The van der Waals surface area contributed by atoms with E-state index in [9.17, 15) is 0 Å². The molecular formula is C12H19N. The minimum atomic E-state index is 0.571. The van der Waals surface area contributed by atoms with Crippen LogP contribution in [0.15, 0.2) is 40.6 Å². The van der Waals surface area contributed by atoms with Crippen LogP contribution in [0.2, 0.25) is 0 Å². The van der Waals surface area contributed by atoms with Gasteiger partial charge in [-0.3, -0.25) is 4.99 Å². The van der Waals surface area contributed by atoms with Gasteiger partial charge in [-0.15, -0.1) is 0 Å². The van der Waals surface area contributed by atoms with Crippen LogP contribution in [0.3, 0.4) is 0 Å². The molecule has 0 aromatic rings. The predicted molar refractivity (Wildman–Crippen MR) is 61.0 cm³/mol. The first-order chi connectivity index (χ1) is 5.99. The first-order valence-corrected chi connectivity index (χ1v) is 4.49. The van der Waals surface area contributed by atoms with E-state index in [1.165, 1.54) is 5.57 Å². The van der Waals surface area contributed by atoms with E-state index in [0.29, 0.717) is 5.92 Å². The van der Waals surface area contributed by atoms with Crippen molar-refractivity contribution >= 4 is 6.72 Å². The van der Waals surface area contributed by atoms with E-state index >= 15 is 0 Å². The van der Waals surface area contributed by atoms with Gasteiger partial charge in [-0.05, 0) is 37.6 Å². The molecule has 0 heterocycles. The Morgan fingerprint density at radius 1 is 1.31 bits per heavy atom. The SMILES string of the molecule is C=N/C=C(\C)C(=C)/C=C(/C)C(C)C. The van der Waals surface area contributed by atoms with Crippen molar-refractivity contribution in [3.05, 3.63) is 35.6 Å². The van der Waals surface area contributed by atoms with Gasteiger partial charge in [0.1, 0.15) is 0 Å². The molecule has 0 bridgehead atoms.